The van der Waals surface area contributed by atoms with Crippen LogP contribution >= 0.6 is 0 Å². The SMILES string of the molecule is Cc1ncc(-c2cncc(C3CCN(C(=O)c4cnccn4)CC3)n2)n1C. The van der Waals surface area contributed by atoms with E-state index in [-0.39, 0.29) is 11.8 Å². The fraction of sp³-hybridized carbons (Fsp3) is 0.368. The first-order valence-electron chi connectivity index (χ1n) is 8.99. The van der Waals surface area contributed by atoms with Gasteiger partial charge in [-0.25, -0.2) is 15.0 Å². The van der Waals surface area contributed by atoms with E-state index in [1.165, 1.54) is 6.20 Å². The van der Waals surface area contributed by atoms with Crippen LogP contribution in [0.4, 0.5) is 0 Å². The Morgan fingerprint density at radius 2 is 1.85 bits per heavy atom. The second kappa shape index (κ2) is 7.22. The summed E-state index contributed by atoms with van der Waals surface area (Å²) in [4.78, 5) is 36.0. The molecule has 1 amide bonds. The average Bonchev–Trinajstić information content (AvgIpc) is 3.07. The van der Waals surface area contributed by atoms with Gasteiger partial charge in [-0.15, -0.1) is 0 Å². The third kappa shape index (κ3) is 3.42. The molecule has 1 saturated heterocycles. The lowest BCUT2D eigenvalue weighted by molar-refractivity contribution is 0.0705. The molecule has 0 bridgehead atoms. The van der Waals surface area contributed by atoms with Gasteiger partial charge in [-0.05, 0) is 19.8 Å². The van der Waals surface area contributed by atoms with Gasteiger partial charge in [0.15, 0.2) is 0 Å². The zero-order valence-electron chi connectivity index (χ0n) is 15.4. The van der Waals surface area contributed by atoms with Crippen molar-refractivity contribution in [2.75, 3.05) is 13.1 Å². The van der Waals surface area contributed by atoms with Crippen LogP contribution in [-0.4, -0.2) is 53.4 Å². The maximum Gasteiger partial charge on any atom is 0.274 e. The number of imidazole rings is 1. The van der Waals surface area contributed by atoms with Crippen molar-refractivity contribution in [1.82, 2.24) is 34.4 Å². The van der Waals surface area contributed by atoms with Gasteiger partial charge in [-0.2, -0.15) is 0 Å². The average molecular weight is 363 g/mol. The molecule has 1 aliphatic heterocycles. The van der Waals surface area contributed by atoms with Crippen molar-refractivity contribution in [1.29, 1.82) is 0 Å². The van der Waals surface area contributed by atoms with Crippen LogP contribution in [0.2, 0.25) is 0 Å². The molecule has 0 spiro atoms. The van der Waals surface area contributed by atoms with Gasteiger partial charge in [-0.1, -0.05) is 0 Å². The molecule has 0 N–H and O–H groups in total. The minimum atomic E-state index is -0.0632. The first-order valence-corrected chi connectivity index (χ1v) is 8.99. The Kier molecular flexibility index (Phi) is 4.62. The molecular weight excluding hydrogens is 342 g/mol. The van der Waals surface area contributed by atoms with Crippen molar-refractivity contribution >= 4 is 5.91 Å². The van der Waals surface area contributed by atoms with Gasteiger partial charge in [-0.3, -0.25) is 14.8 Å². The van der Waals surface area contributed by atoms with E-state index in [0.717, 1.165) is 35.7 Å². The Balaban J connectivity index is 1.46. The van der Waals surface area contributed by atoms with Crippen molar-refractivity contribution in [3.8, 4) is 11.4 Å². The molecule has 3 aromatic rings. The normalized spacial score (nSPS) is 15.1. The number of hydrogen-bond acceptors (Lipinski definition) is 6. The van der Waals surface area contributed by atoms with Gasteiger partial charge in [0.2, 0.25) is 0 Å². The smallest absolute Gasteiger partial charge is 0.274 e. The Morgan fingerprint density at radius 3 is 2.52 bits per heavy atom. The summed E-state index contributed by atoms with van der Waals surface area (Å²) in [6, 6.07) is 0. The quantitative estimate of drug-likeness (QED) is 0.707. The highest BCUT2D eigenvalue weighted by Gasteiger charge is 2.26. The number of nitrogens with zero attached hydrogens (tertiary/aromatic N) is 7. The maximum atomic E-state index is 12.5. The van der Waals surface area contributed by atoms with Crippen LogP contribution in [0, 0.1) is 6.92 Å². The van der Waals surface area contributed by atoms with E-state index < -0.39 is 0 Å². The summed E-state index contributed by atoms with van der Waals surface area (Å²) in [6.45, 7) is 3.32. The number of hydrogen-bond donors (Lipinski definition) is 0. The Hall–Kier alpha value is -3.16. The Labute approximate surface area is 157 Å². The topological polar surface area (TPSA) is 89.7 Å². The lowest BCUT2D eigenvalue weighted by atomic mass is 9.93. The number of carbonyl (C=O) groups is 1. The first-order chi connectivity index (χ1) is 13.1. The third-order valence-corrected chi connectivity index (χ3v) is 5.12. The van der Waals surface area contributed by atoms with Gasteiger partial charge in [0.05, 0.1) is 30.0 Å². The second-order valence-electron chi connectivity index (χ2n) is 6.74. The summed E-state index contributed by atoms with van der Waals surface area (Å²) < 4.78 is 2.01. The number of rotatable bonds is 3. The summed E-state index contributed by atoms with van der Waals surface area (Å²) in [5, 5.41) is 0. The van der Waals surface area contributed by atoms with Crippen LogP contribution in [0.3, 0.4) is 0 Å². The second-order valence-corrected chi connectivity index (χ2v) is 6.74. The van der Waals surface area contributed by atoms with Crippen molar-refractivity contribution in [3.63, 3.8) is 0 Å². The van der Waals surface area contributed by atoms with Crippen LogP contribution in [0.25, 0.3) is 11.4 Å². The maximum absolute atomic E-state index is 12.5. The van der Waals surface area contributed by atoms with E-state index in [0.29, 0.717) is 18.8 Å². The predicted molar refractivity (Wildman–Crippen MR) is 98.9 cm³/mol. The van der Waals surface area contributed by atoms with Crippen molar-refractivity contribution in [3.05, 3.63) is 54.4 Å². The van der Waals surface area contributed by atoms with Crippen molar-refractivity contribution in [2.45, 2.75) is 25.7 Å². The Morgan fingerprint density at radius 1 is 1.04 bits per heavy atom. The predicted octanol–water partition coefficient (Wildman–Crippen LogP) is 2.00. The molecule has 8 heteroatoms. The zero-order chi connectivity index (χ0) is 18.8. The van der Waals surface area contributed by atoms with Crippen LogP contribution in [0.15, 0.2) is 37.2 Å². The van der Waals surface area contributed by atoms with Gasteiger partial charge >= 0.3 is 0 Å². The fourth-order valence-corrected chi connectivity index (χ4v) is 3.39. The summed E-state index contributed by atoms with van der Waals surface area (Å²) in [7, 11) is 1.97. The molecule has 138 valence electrons. The van der Waals surface area contributed by atoms with E-state index in [1.54, 1.807) is 18.6 Å². The summed E-state index contributed by atoms with van der Waals surface area (Å²) in [5.41, 5.74) is 3.15. The number of carbonyl (C=O) groups excluding carboxylic acids is 1. The number of aromatic nitrogens is 6. The molecule has 4 heterocycles. The first kappa shape index (κ1) is 17.3. The molecule has 0 aromatic carbocycles. The zero-order valence-corrected chi connectivity index (χ0v) is 15.4. The third-order valence-electron chi connectivity index (χ3n) is 5.12. The molecule has 0 radical (unpaired) electrons. The van der Waals surface area contributed by atoms with E-state index in [9.17, 15) is 4.79 Å². The van der Waals surface area contributed by atoms with Gasteiger partial charge in [0.25, 0.3) is 5.91 Å². The molecule has 8 nitrogen and oxygen atoms in total. The number of piperidine rings is 1. The summed E-state index contributed by atoms with van der Waals surface area (Å²) in [5.74, 6) is 1.16. The standard InChI is InChI=1S/C19H21N7O/c1-13-23-12-18(25(13)2)16-10-21-9-15(24-16)14-3-7-26(8-4-14)19(27)17-11-20-5-6-22-17/h5-6,9-12,14H,3-4,7-8H2,1-2H3. The van der Waals surface area contributed by atoms with Crippen LogP contribution < -0.4 is 0 Å². The number of aryl methyl sites for hydroxylation is 1. The van der Waals surface area contributed by atoms with E-state index in [1.807, 2.05) is 35.8 Å². The molecular formula is C19H21N7O. The molecule has 0 unspecified atom stereocenters. The highest BCUT2D eigenvalue weighted by Crippen LogP contribution is 2.28. The molecule has 0 aliphatic carbocycles. The van der Waals surface area contributed by atoms with Crippen molar-refractivity contribution in [2.24, 2.45) is 7.05 Å². The molecule has 4 rings (SSSR count). The largest absolute Gasteiger partial charge is 0.337 e. The highest BCUT2D eigenvalue weighted by atomic mass is 16.2. The molecule has 3 aromatic heterocycles. The Bertz CT molecular complexity index is 946. The minimum Gasteiger partial charge on any atom is -0.337 e. The van der Waals surface area contributed by atoms with Gasteiger partial charge in [0.1, 0.15) is 17.2 Å². The molecule has 0 saturated carbocycles. The van der Waals surface area contributed by atoms with E-state index in [4.69, 9.17) is 4.98 Å². The van der Waals surface area contributed by atoms with Gasteiger partial charge in [0, 0.05) is 44.6 Å². The van der Waals surface area contributed by atoms with E-state index >= 15 is 0 Å². The molecule has 1 aliphatic rings. The van der Waals surface area contributed by atoms with Crippen LogP contribution in [0.1, 0.15) is 40.8 Å². The van der Waals surface area contributed by atoms with E-state index in [2.05, 4.69) is 19.9 Å². The number of amides is 1. The molecule has 0 atom stereocenters. The van der Waals surface area contributed by atoms with Crippen LogP contribution in [0.5, 0.6) is 0 Å². The minimum absolute atomic E-state index is 0.0632. The van der Waals surface area contributed by atoms with Crippen LogP contribution in [-0.2, 0) is 7.05 Å². The lowest BCUT2D eigenvalue weighted by Gasteiger charge is -2.31. The number of likely N-dealkylation sites (tertiary alicyclic amines) is 1. The highest BCUT2D eigenvalue weighted by molar-refractivity contribution is 5.92. The molecule has 27 heavy (non-hydrogen) atoms. The molecule has 1 fully saturated rings. The monoisotopic (exact) mass is 363 g/mol. The van der Waals surface area contributed by atoms with Gasteiger partial charge < -0.3 is 9.47 Å². The lowest BCUT2D eigenvalue weighted by Crippen LogP contribution is -2.38. The summed E-state index contributed by atoms with van der Waals surface area (Å²) in [6.07, 6.45) is 11.8. The fourth-order valence-electron chi connectivity index (χ4n) is 3.39. The van der Waals surface area contributed by atoms with Crippen molar-refractivity contribution < 1.29 is 4.79 Å². The summed E-state index contributed by atoms with van der Waals surface area (Å²) >= 11 is 0.